The summed E-state index contributed by atoms with van der Waals surface area (Å²) in [7, 11) is -3.68. The molecule has 5 nitrogen and oxygen atoms in total. The van der Waals surface area contributed by atoms with Gasteiger partial charge in [0.05, 0.1) is 12.6 Å². The van der Waals surface area contributed by atoms with Gasteiger partial charge in [0, 0.05) is 27.0 Å². The number of nitrogens with zero attached hydrogens (tertiary/aromatic N) is 2. The van der Waals surface area contributed by atoms with Crippen molar-refractivity contribution in [1.82, 2.24) is 4.98 Å². The molecule has 2 aromatic rings. The second-order valence-corrected chi connectivity index (χ2v) is 9.99. The van der Waals surface area contributed by atoms with E-state index in [0.29, 0.717) is 17.3 Å². The first-order valence-electron chi connectivity index (χ1n) is 7.71. The summed E-state index contributed by atoms with van der Waals surface area (Å²) in [6, 6.07) is 5.24. The molecule has 0 N–H and O–H groups in total. The van der Waals surface area contributed by atoms with E-state index in [2.05, 4.69) is 20.9 Å². The number of ether oxygens (including phenoxy) is 1. The Kier molecular flexibility index (Phi) is 5.29. The molecule has 1 unspecified atom stereocenters. The molecule has 24 heavy (non-hydrogen) atoms. The number of anilines is 1. The number of thiophene rings is 1. The maximum atomic E-state index is 13.3. The average molecular weight is 431 g/mol. The number of hydrogen-bond donors (Lipinski definition) is 0. The molecule has 0 saturated carbocycles. The number of sulfonamides is 1. The fourth-order valence-electron chi connectivity index (χ4n) is 2.79. The first-order valence-corrected chi connectivity index (χ1v) is 10.8. The topological polar surface area (TPSA) is 59.5 Å². The van der Waals surface area contributed by atoms with Crippen LogP contribution in [0.2, 0.25) is 0 Å². The maximum Gasteiger partial charge on any atom is 0.266 e. The molecule has 0 aliphatic carbocycles. The van der Waals surface area contributed by atoms with Crippen LogP contribution in [0.5, 0.6) is 0 Å². The van der Waals surface area contributed by atoms with Gasteiger partial charge in [0.2, 0.25) is 0 Å². The zero-order valence-corrected chi connectivity index (χ0v) is 16.7. The standard InChI is InChI=1S/C16H19BrN2O3S2/c1-11-8-15(12(2)23-11)24(20,21)19(10-14-4-3-7-22-14)16-6-5-13(17)9-18-16/h5-6,8-9,14H,3-4,7,10H2,1-2H3. The van der Waals surface area contributed by atoms with Crippen molar-refractivity contribution in [3.05, 3.63) is 38.6 Å². The minimum absolute atomic E-state index is 0.0924. The van der Waals surface area contributed by atoms with Crippen molar-refractivity contribution in [2.75, 3.05) is 17.5 Å². The molecule has 1 aliphatic rings. The molecule has 0 spiro atoms. The Labute approximate surface area is 154 Å². The predicted octanol–water partition coefficient (Wildman–Crippen LogP) is 3.90. The molecule has 2 aromatic heterocycles. The first-order chi connectivity index (χ1) is 11.4. The van der Waals surface area contributed by atoms with Crippen molar-refractivity contribution in [3.8, 4) is 0 Å². The van der Waals surface area contributed by atoms with Crippen LogP contribution < -0.4 is 4.31 Å². The van der Waals surface area contributed by atoms with E-state index in [-0.39, 0.29) is 12.6 Å². The van der Waals surface area contributed by atoms with Gasteiger partial charge in [-0.15, -0.1) is 11.3 Å². The first kappa shape index (κ1) is 17.8. The van der Waals surface area contributed by atoms with Crippen LogP contribution in [0.4, 0.5) is 5.82 Å². The smallest absolute Gasteiger partial charge is 0.266 e. The lowest BCUT2D eigenvalue weighted by molar-refractivity contribution is 0.118. The summed E-state index contributed by atoms with van der Waals surface area (Å²) >= 11 is 4.83. The van der Waals surface area contributed by atoms with Gasteiger partial charge in [0.25, 0.3) is 10.0 Å². The van der Waals surface area contributed by atoms with Crippen molar-refractivity contribution in [2.45, 2.75) is 37.7 Å². The van der Waals surface area contributed by atoms with Crippen molar-refractivity contribution >= 4 is 43.1 Å². The highest BCUT2D eigenvalue weighted by atomic mass is 79.9. The highest BCUT2D eigenvalue weighted by Gasteiger charge is 2.32. The Morgan fingerprint density at radius 2 is 2.21 bits per heavy atom. The van der Waals surface area contributed by atoms with Gasteiger partial charge in [0.15, 0.2) is 0 Å². The predicted molar refractivity (Wildman–Crippen MR) is 99.2 cm³/mol. The van der Waals surface area contributed by atoms with E-state index in [0.717, 1.165) is 27.1 Å². The summed E-state index contributed by atoms with van der Waals surface area (Å²) in [6.07, 6.45) is 3.34. The molecule has 8 heteroatoms. The van der Waals surface area contributed by atoms with Crippen LogP contribution in [0, 0.1) is 13.8 Å². The number of halogens is 1. The van der Waals surface area contributed by atoms with Gasteiger partial charge in [0.1, 0.15) is 10.7 Å². The minimum atomic E-state index is -3.68. The van der Waals surface area contributed by atoms with E-state index in [9.17, 15) is 8.42 Å². The Morgan fingerprint density at radius 1 is 1.42 bits per heavy atom. The second kappa shape index (κ2) is 7.11. The minimum Gasteiger partial charge on any atom is -0.376 e. The Hall–Kier alpha value is -0.960. The molecule has 0 aromatic carbocycles. The third-order valence-electron chi connectivity index (χ3n) is 3.92. The molecule has 3 heterocycles. The summed E-state index contributed by atoms with van der Waals surface area (Å²) in [6.45, 7) is 4.72. The molecular formula is C16H19BrN2O3S2. The van der Waals surface area contributed by atoms with Gasteiger partial charge >= 0.3 is 0 Å². The Balaban J connectivity index is 2.02. The van der Waals surface area contributed by atoms with Gasteiger partial charge < -0.3 is 4.74 Å². The fourth-order valence-corrected chi connectivity index (χ4v) is 6.00. The lowest BCUT2D eigenvalue weighted by Gasteiger charge is -2.26. The third kappa shape index (κ3) is 3.66. The molecule has 3 rings (SSSR count). The van der Waals surface area contributed by atoms with Crippen LogP contribution in [0.1, 0.15) is 22.6 Å². The zero-order chi connectivity index (χ0) is 17.3. The summed E-state index contributed by atoms with van der Waals surface area (Å²) < 4.78 is 34.4. The molecule has 1 aliphatic heterocycles. The quantitative estimate of drug-likeness (QED) is 0.721. The number of pyridine rings is 1. The monoisotopic (exact) mass is 430 g/mol. The summed E-state index contributed by atoms with van der Waals surface area (Å²) in [5, 5.41) is 0. The molecule has 1 atom stereocenters. The van der Waals surface area contributed by atoms with Crippen LogP contribution in [0.25, 0.3) is 0 Å². The number of rotatable bonds is 5. The number of hydrogen-bond acceptors (Lipinski definition) is 5. The van der Waals surface area contributed by atoms with E-state index in [1.165, 1.54) is 15.6 Å². The molecular weight excluding hydrogens is 412 g/mol. The molecule has 1 fully saturated rings. The van der Waals surface area contributed by atoms with Crippen LogP contribution >= 0.6 is 27.3 Å². The van der Waals surface area contributed by atoms with E-state index < -0.39 is 10.0 Å². The highest BCUT2D eigenvalue weighted by molar-refractivity contribution is 9.10. The second-order valence-electron chi connectivity index (χ2n) is 5.78. The van der Waals surface area contributed by atoms with E-state index in [4.69, 9.17) is 4.74 Å². The Bertz CT molecular complexity index is 812. The summed E-state index contributed by atoms with van der Waals surface area (Å²) in [4.78, 5) is 6.42. The molecule has 1 saturated heterocycles. The van der Waals surface area contributed by atoms with Crippen molar-refractivity contribution < 1.29 is 13.2 Å². The Morgan fingerprint density at radius 3 is 2.75 bits per heavy atom. The lowest BCUT2D eigenvalue weighted by atomic mass is 10.2. The number of aromatic nitrogens is 1. The van der Waals surface area contributed by atoms with Crippen molar-refractivity contribution in [1.29, 1.82) is 0 Å². The van der Waals surface area contributed by atoms with Gasteiger partial charge in [-0.3, -0.25) is 0 Å². The van der Waals surface area contributed by atoms with Crippen LogP contribution in [-0.4, -0.2) is 32.7 Å². The molecule has 130 valence electrons. The average Bonchev–Trinajstić information content (AvgIpc) is 3.15. The van der Waals surface area contributed by atoms with Crippen LogP contribution in [0.15, 0.2) is 33.8 Å². The van der Waals surface area contributed by atoms with E-state index in [1.54, 1.807) is 24.4 Å². The van der Waals surface area contributed by atoms with E-state index in [1.807, 2.05) is 13.8 Å². The molecule has 0 amide bonds. The van der Waals surface area contributed by atoms with Gasteiger partial charge in [-0.1, -0.05) is 0 Å². The SMILES string of the molecule is Cc1cc(S(=O)(=O)N(CC2CCCO2)c2ccc(Br)cn2)c(C)s1. The van der Waals surface area contributed by atoms with E-state index >= 15 is 0 Å². The molecule has 0 bridgehead atoms. The maximum absolute atomic E-state index is 13.3. The summed E-state index contributed by atoms with van der Waals surface area (Å²) in [5.41, 5.74) is 0. The van der Waals surface area contributed by atoms with Gasteiger partial charge in [-0.25, -0.2) is 17.7 Å². The van der Waals surface area contributed by atoms with Crippen molar-refractivity contribution in [2.24, 2.45) is 0 Å². The third-order valence-corrected chi connectivity index (χ3v) is 7.38. The zero-order valence-electron chi connectivity index (χ0n) is 13.5. The number of aryl methyl sites for hydroxylation is 2. The summed E-state index contributed by atoms with van der Waals surface area (Å²) in [5.74, 6) is 0.414. The lowest BCUT2D eigenvalue weighted by Crippen LogP contribution is -2.38. The van der Waals surface area contributed by atoms with Gasteiger partial charge in [-0.05, 0) is 60.8 Å². The van der Waals surface area contributed by atoms with Crippen LogP contribution in [0.3, 0.4) is 0 Å². The largest absolute Gasteiger partial charge is 0.376 e. The fraction of sp³-hybridized carbons (Fsp3) is 0.438. The van der Waals surface area contributed by atoms with Crippen molar-refractivity contribution in [3.63, 3.8) is 0 Å². The normalized spacial score (nSPS) is 18.0. The van der Waals surface area contributed by atoms with Crippen LogP contribution in [-0.2, 0) is 14.8 Å². The van der Waals surface area contributed by atoms with Gasteiger partial charge in [-0.2, -0.15) is 0 Å². The highest BCUT2D eigenvalue weighted by Crippen LogP contribution is 2.31. The molecule has 0 radical (unpaired) electrons.